The van der Waals surface area contributed by atoms with E-state index < -0.39 is 28.5 Å². The average Bonchev–Trinajstić information content (AvgIpc) is 2.91. The number of sulfonamides is 1. The number of hydrogen-bond acceptors (Lipinski definition) is 4. The second-order valence-electron chi connectivity index (χ2n) is 10.00. The van der Waals surface area contributed by atoms with Crippen molar-refractivity contribution in [3.8, 4) is 0 Å². The molecular formula is C31H38ClN3O4S. The summed E-state index contributed by atoms with van der Waals surface area (Å²) in [6.07, 6.45) is 3.07. The highest BCUT2D eigenvalue weighted by Gasteiger charge is 2.33. The summed E-state index contributed by atoms with van der Waals surface area (Å²) in [4.78, 5) is 29.3. The maximum absolute atomic E-state index is 14.2. The van der Waals surface area contributed by atoms with Crippen molar-refractivity contribution in [3.05, 3.63) is 100 Å². The molecule has 0 aliphatic heterocycles. The molecule has 1 N–H and O–H groups in total. The minimum atomic E-state index is -3.86. The monoisotopic (exact) mass is 583 g/mol. The molecule has 3 aromatic rings. The fourth-order valence-corrected chi connectivity index (χ4v) is 5.54. The summed E-state index contributed by atoms with van der Waals surface area (Å²) in [6.45, 7) is 5.92. The van der Waals surface area contributed by atoms with Crippen LogP contribution in [0.4, 0.5) is 5.69 Å². The molecule has 0 saturated carbocycles. The summed E-state index contributed by atoms with van der Waals surface area (Å²) >= 11 is 6.21. The van der Waals surface area contributed by atoms with Gasteiger partial charge in [-0.1, -0.05) is 85.6 Å². The summed E-state index contributed by atoms with van der Waals surface area (Å²) in [5.74, 6) is -0.760. The molecule has 3 rings (SSSR count). The van der Waals surface area contributed by atoms with Crippen LogP contribution in [0.2, 0.25) is 5.02 Å². The van der Waals surface area contributed by atoms with E-state index in [2.05, 4.69) is 5.32 Å². The maximum Gasteiger partial charge on any atom is 0.244 e. The zero-order valence-corrected chi connectivity index (χ0v) is 25.1. The van der Waals surface area contributed by atoms with Gasteiger partial charge in [-0.15, -0.1) is 0 Å². The Balaban J connectivity index is 2.07. The molecule has 0 fully saturated rings. The van der Waals surface area contributed by atoms with Gasteiger partial charge >= 0.3 is 0 Å². The molecule has 0 aliphatic rings. The number of nitrogens with one attached hydrogen (secondary N) is 1. The first-order valence-corrected chi connectivity index (χ1v) is 15.6. The number of amides is 2. The summed E-state index contributed by atoms with van der Waals surface area (Å²) < 4.78 is 27.0. The fourth-order valence-electron chi connectivity index (χ4n) is 4.48. The standard InChI is InChI=1S/C31H38ClN3O4S/c1-5-6-18-33-31(37)29(19-25-13-8-7-9-14-25)34(21-26-15-11-10-12-23(26)2)30(36)22-35(40(4,38)39)28-20-27(32)17-16-24(28)3/h7-17,20,29H,5-6,18-19,21-22H2,1-4H3,(H,33,37)/t29-/m0/s1. The van der Waals surface area contributed by atoms with Gasteiger partial charge in [0.2, 0.25) is 21.8 Å². The van der Waals surface area contributed by atoms with Crippen molar-refractivity contribution in [1.82, 2.24) is 10.2 Å². The van der Waals surface area contributed by atoms with Crippen LogP contribution < -0.4 is 9.62 Å². The third-order valence-electron chi connectivity index (χ3n) is 6.82. The lowest BCUT2D eigenvalue weighted by molar-refractivity contribution is -0.140. The van der Waals surface area contributed by atoms with Gasteiger partial charge in [0.05, 0.1) is 11.9 Å². The number of aryl methyl sites for hydroxylation is 2. The molecule has 7 nitrogen and oxygen atoms in total. The molecule has 0 unspecified atom stereocenters. The number of anilines is 1. The zero-order chi connectivity index (χ0) is 29.3. The van der Waals surface area contributed by atoms with E-state index in [0.29, 0.717) is 22.8 Å². The first kappa shape index (κ1) is 31.2. The number of rotatable bonds is 13. The minimum Gasteiger partial charge on any atom is -0.354 e. The van der Waals surface area contributed by atoms with Gasteiger partial charge < -0.3 is 10.2 Å². The molecule has 0 spiro atoms. The molecule has 9 heteroatoms. The molecule has 0 saturated heterocycles. The van der Waals surface area contributed by atoms with Crippen LogP contribution >= 0.6 is 11.6 Å². The molecule has 40 heavy (non-hydrogen) atoms. The van der Waals surface area contributed by atoms with Gasteiger partial charge in [-0.3, -0.25) is 13.9 Å². The van der Waals surface area contributed by atoms with E-state index in [1.807, 2.05) is 68.4 Å². The summed E-state index contributed by atoms with van der Waals surface area (Å²) in [5, 5.41) is 3.35. The number of halogens is 1. The third kappa shape index (κ3) is 8.57. The van der Waals surface area contributed by atoms with Gasteiger partial charge in [0.1, 0.15) is 12.6 Å². The molecule has 0 aliphatic carbocycles. The van der Waals surface area contributed by atoms with Crippen LogP contribution in [0.1, 0.15) is 42.0 Å². The van der Waals surface area contributed by atoms with Crippen molar-refractivity contribution < 1.29 is 18.0 Å². The Morgan fingerprint density at radius 3 is 2.27 bits per heavy atom. The smallest absolute Gasteiger partial charge is 0.244 e. The number of unbranched alkanes of at least 4 members (excludes halogenated alkanes) is 1. The molecule has 0 radical (unpaired) electrons. The van der Waals surface area contributed by atoms with E-state index >= 15 is 0 Å². The summed E-state index contributed by atoms with van der Waals surface area (Å²) in [6, 6.07) is 21.2. The van der Waals surface area contributed by atoms with Crippen molar-refractivity contribution >= 4 is 39.1 Å². The predicted molar refractivity (Wildman–Crippen MR) is 162 cm³/mol. The van der Waals surface area contributed by atoms with Gasteiger partial charge in [-0.05, 0) is 54.7 Å². The van der Waals surface area contributed by atoms with Crippen molar-refractivity contribution in [2.75, 3.05) is 23.7 Å². The lowest BCUT2D eigenvalue weighted by Gasteiger charge is -2.34. The van der Waals surface area contributed by atoms with Gasteiger partial charge in [-0.2, -0.15) is 0 Å². The third-order valence-corrected chi connectivity index (χ3v) is 8.18. The second-order valence-corrected chi connectivity index (χ2v) is 12.3. The van der Waals surface area contributed by atoms with E-state index in [4.69, 9.17) is 11.6 Å². The molecule has 1 atom stereocenters. The Morgan fingerprint density at radius 2 is 1.62 bits per heavy atom. The van der Waals surface area contributed by atoms with E-state index in [9.17, 15) is 18.0 Å². The topological polar surface area (TPSA) is 86.8 Å². The molecular weight excluding hydrogens is 546 g/mol. The minimum absolute atomic E-state index is 0.149. The highest BCUT2D eigenvalue weighted by molar-refractivity contribution is 7.92. The number of nitrogens with zero attached hydrogens (tertiary/aromatic N) is 2. The predicted octanol–water partition coefficient (Wildman–Crippen LogP) is 5.28. The fraction of sp³-hybridized carbons (Fsp3) is 0.355. The van der Waals surface area contributed by atoms with Gasteiger partial charge in [0.15, 0.2) is 0 Å². The van der Waals surface area contributed by atoms with Crippen LogP contribution in [-0.4, -0.2) is 50.5 Å². The summed E-state index contributed by atoms with van der Waals surface area (Å²) in [7, 11) is -3.86. The number of carbonyl (C=O) groups is 2. The second kappa shape index (κ2) is 14.3. The van der Waals surface area contributed by atoms with Crippen LogP contribution in [0.15, 0.2) is 72.8 Å². The van der Waals surface area contributed by atoms with Crippen molar-refractivity contribution in [2.45, 2.75) is 52.6 Å². The highest BCUT2D eigenvalue weighted by Crippen LogP contribution is 2.27. The van der Waals surface area contributed by atoms with Crippen molar-refractivity contribution in [1.29, 1.82) is 0 Å². The normalized spacial score (nSPS) is 12.0. The van der Waals surface area contributed by atoms with Crippen LogP contribution in [0.25, 0.3) is 0 Å². The van der Waals surface area contributed by atoms with E-state index in [-0.39, 0.29) is 18.9 Å². The van der Waals surface area contributed by atoms with Crippen molar-refractivity contribution in [2.24, 2.45) is 0 Å². The quantitative estimate of drug-likeness (QED) is 0.277. The molecule has 214 valence electrons. The molecule has 0 heterocycles. The average molecular weight is 584 g/mol. The van der Waals surface area contributed by atoms with Gasteiger partial charge in [0, 0.05) is 24.5 Å². The molecule has 3 aromatic carbocycles. The largest absolute Gasteiger partial charge is 0.354 e. The number of hydrogen-bond donors (Lipinski definition) is 1. The van der Waals surface area contributed by atoms with Crippen LogP contribution in [0.5, 0.6) is 0 Å². The van der Waals surface area contributed by atoms with E-state index in [0.717, 1.165) is 40.1 Å². The first-order chi connectivity index (χ1) is 19.0. The number of carbonyl (C=O) groups excluding carboxylic acids is 2. The summed E-state index contributed by atoms with van der Waals surface area (Å²) in [5.41, 5.74) is 3.72. The Hall–Kier alpha value is -3.36. The lowest BCUT2D eigenvalue weighted by Crippen LogP contribution is -2.53. The van der Waals surface area contributed by atoms with Gasteiger partial charge in [0.25, 0.3) is 0 Å². The van der Waals surface area contributed by atoms with E-state index in [1.54, 1.807) is 19.1 Å². The van der Waals surface area contributed by atoms with Crippen LogP contribution in [0, 0.1) is 13.8 Å². The van der Waals surface area contributed by atoms with Crippen molar-refractivity contribution in [3.63, 3.8) is 0 Å². The lowest BCUT2D eigenvalue weighted by atomic mass is 10.0. The maximum atomic E-state index is 14.2. The van der Waals surface area contributed by atoms with Gasteiger partial charge in [-0.25, -0.2) is 8.42 Å². The molecule has 2 amide bonds. The SMILES string of the molecule is CCCCNC(=O)[C@H](Cc1ccccc1)N(Cc1ccccc1C)C(=O)CN(c1cc(Cl)ccc1C)S(C)(=O)=O. The number of benzene rings is 3. The molecule has 0 aromatic heterocycles. The Kier molecular flexibility index (Phi) is 11.2. The Bertz CT molecular complexity index is 1410. The Labute approximate surface area is 243 Å². The molecule has 0 bridgehead atoms. The zero-order valence-electron chi connectivity index (χ0n) is 23.6. The highest BCUT2D eigenvalue weighted by atomic mass is 35.5. The first-order valence-electron chi connectivity index (χ1n) is 13.4. The van der Waals surface area contributed by atoms with Crippen LogP contribution in [0.3, 0.4) is 0 Å². The Morgan fingerprint density at radius 1 is 0.950 bits per heavy atom. The van der Waals surface area contributed by atoms with E-state index in [1.165, 1.54) is 11.0 Å². The van der Waals surface area contributed by atoms with Crippen LogP contribution in [-0.2, 0) is 32.6 Å².